The highest BCUT2D eigenvalue weighted by atomic mass is 19.4. The van der Waals surface area contributed by atoms with Crippen LogP contribution in [0.3, 0.4) is 0 Å². The van der Waals surface area contributed by atoms with Gasteiger partial charge in [-0.15, -0.1) is 0 Å². The number of nitrogens with zero attached hydrogens (tertiary/aromatic N) is 3. The zero-order valence-electron chi connectivity index (χ0n) is 12.4. The van der Waals surface area contributed by atoms with Crippen molar-refractivity contribution in [1.82, 2.24) is 14.9 Å². The fourth-order valence-electron chi connectivity index (χ4n) is 2.12. The summed E-state index contributed by atoms with van der Waals surface area (Å²) in [6.07, 6.45) is -2.89. The molecule has 2 rings (SSSR count). The van der Waals surface area contributed by atoms with Gasteiger partial charge in [0.2, 0.25) is 5.95 Å². The van der Waals surface area contributed by atoms with Crippen LogP contribution in [0.25, 0.3) is 0 Å². The summed E-state index contributed by atoms with van der Waals surface area (Å²) >= 11 is 0. The average Bonchev–Trinajstić information content (AvgIpc) is 2.47. The number of nitrogen functional groups attached to an aromatic ring is 1. The lowest BCUT2D eigenvalue weighted by atomic mass is 10.1. The Balaban J connectivity index is 2.02. The van der Waals surface area contributed by atoms with Gasteiger partial charge in [0.15, 0.2) is 5.69 Å². The molecule has 0 fully saturated rings. The lowest BCUT2D eigenvalue weighted by Gasteiger charge is -2.19. The summed E-state index contributed by atoms with van der Waals surface area (Å²) in [7, 11) is 1.69. The van der Waals surface area contributed by atoms with E-state index < -0.39 is 17.8 Å². The average molecular weight is 328 g/mol. The molecule has 0 spiro atoms. The minimum Gasteiger partial charge on any atom is -0.368 e. The lowest BCUT2D eigenvalue weighted by molar-refractivity contribution is -0.142. The molecule has 124 valence electrons. The number of alkyl halides is 3. The SMILES string of the molecule is CN(CCc1ccc(F)cc1)Cc1cnc(N)nc1C(F)(F)F. The maximum atomic E-state index is 13.0. The molecule has 2 aromatic rings. The number of hydrogen-bond acceptors (Lipinski definition) is 4. The van der Waals surface area contributed by atoms with Crippen molar-refractivity contribution in [2.45, 2.75) is 19.1 Å². The molecule has 0 amide bonds. The highest BCUT2D eigenvalue weighted by Gasteiger charge is 2.36. The van der Waals surface area contributed by atoms with Crippen LogP contribution in [0.15, 0.2) is 30.5 Å². The number of benzene rings is 1. The molecule has 2 N–H and O–H groups in total. The van der Waals surface area contributed by atoms with Gasteiger partial charge in [0.05, 0.1) is 0 Å². The summed E-state index contributed by atoms with van der Waals surface area (Å²) < 4.78 is 51.7. The second-order valence-corrected chi connectivity index (χ2v) is 5.21. The van der Waals surface area contributed by atoms with Gasteiger partial charge in [0.1, 0.15) is 5.82 Å². The quantitative estimate of drug-likeness (QED) is 0.858. The van der Waals surface area contributed by atoms with E-state index in [1.165, 1.54) is 12.1 Å². The highest BCUT2D eigenvalue weighted by molar-refractivity contribution is 5.27. The van der Waals surface area contributed by atoms with E-state index in [0.717, 1.165) is 11.8 Å². The van der Waals surface area contributed by atoms with E-state index in [-0.39, 0.29) is 17.9 Å². The zero-order chi connectivity index (χ0) is 17.0. The summed E-state index contributed by atoms with van der Waals surface area (Å²) in [5.41, 5.74) is 5.09. The van der Waals surface area contributed by atoms with Crippen LogP contribution < -0.4 is 5.73 Å². The largest absolute Gasteiger partial charge is 0.433 e. The van der Waals surface area contributed by atoms with E-state index in [1.54, 1.807) is 24.1 Å². The minimum absolute atomic E-state index is 0.0340. The Labute approximate surface area is 131 Å². The lowest BCUT2D eigenvalue weighted by Crippen LogP contribution is -2.24. The standard InChI is InChI=1S/C15H16F4N4/c1-23(7-6-10-2-4-12(16)5-3-10)9-11-8-21-14(20)22-13(11)15(17,18)19/h2-5,8H,6-7,9H2,1H3,(H2,20,21,22). The van der Waals surface area contributed by atoms with Crippen molar-refractivity contribution in [2.24, 2.45) is 0 Å². The van der Waals surface area contributed by atoms with Gasteiger partial charge < -0.3 is 10.6 Å². The summed E-state index contributed by atoms with van der Waals surface area (Å²) in [6, 6.07) is 6.00. The topological polar surface area (TPSA) is 55.0 Å². The van der Waals surface area contributed by atoms with Crippen LogP contribution in [-0.2, 0) is 19.1 Å². The van der Waals surface area contributed by atoms with Crippen molar-refractivity contribution < 1.29 is 17.6 Å². The van der Waals surface area contributed by atoms with Crippen molar-refractivity contribution in [3.8, 4) is 0 Å². The predicted molar refractivity (Wildman–Crippen MR) is 77.9 cm³/mol. The number of nitrogens with two attached hydrogens (primary N) is 1. The molecule has 0 bridgehead atoms. The van der Waals surface area contributed by atoms with E-state index in [9.17, 15) is 17.6 Å². The second kappa shape index (κ2) is 6.91. The number of likely N-dealkylation sites (N-methyl/N-ethyl adjacent to an activating group) is 1. The van der Waals surface area contributed by atoms with Gasteiger partial charge in [-0.3, -0.25) is 0 Å². The van der Waals surface area contributed by atoms with Gasteiger partial charge in [0.25, 0.3) is 0 Å². The summed E-state index contributed by atoms with van der Waals surface area (Å²) in [4.78, 5) is 8.65. The first-order valence-electron chi connectivity index (χ1n) is 6.87. The fourth-order valence-corrected chi connectivity index (χ4v) is 2.12. The number of aromatic nitrogens is 2. The Morgan fingerprint density at radius 3 is 2.43 bits per heavy atom. The van der Waals surface area contributed by atoms with Crippen molar-refractivity contribution >= 4 is 5.95 Å². The smallest absolute Gasteiger partial charge is 0.368 e. The van der Waals surface area contributed by atoms with Crippen molar-refractivity contribution in [3.05, 3.63) is 53.1 Å². The molecule has 1 aromatic carbocycles. The zero-order valence-corrected chi connectivity index (χ0v) is 12.4. The molecule has 0 radical (unpaired) electrons. The second-order valence-electron chi connectivity index (χ2n) is 5.21. The van der Waals surface area contributed by atoms with Crippen LogP contribution >= 0.6 is 0 Å². The Bertz CT molecular complexity index is 656. The third-order valence-corrected chi connectivity index (χ3v) is 3.29. The summed E-state index contributed by atoms with van der Waals surface area (Å²) in [5.74, 6) is -0.731. The Hall–Kier alpha value is -2.22. The molecule has 0 aliphatic rings. The highest BCUT2D eigenvalue weighted by Crippen LogP contribution is 2.30. The Kier molecular flexibility index (Phi) is 5.15. The van der Waals surface area contributed by atoms with Crippen LogP contribution in [0, 0.1) is 5.82 Å². The summed E-state index contributed by atoms with van der Waals surface area (Å²) in [5, 5.41) is 0. The van der Waals surface area contributed by atoms with Gasteiger partial charge in [-0.2, -0.15) is 13.2 Å². The molecule has 0 aliphatic heterocycles. The van der Waals surface area contributed by atoms with Gasteiger partial charge in [0, 0.05) is 24.8 Å². The van der Waals surface area contributed by atoms with Crippen LogP contribution in [0.5, 0.6) is 0 Å². The van der Waals surface area contributed by atoms with Gasteiger partial charge in [-0.05, 0) is 31.2 Å². The first-order valence-corrected chi connectivity index (χ1v) is 6.87. The molecule has 0 saturated carbocycles. The third-order valence-electron chi connectivity index (χ3n) is 3.29. The molecule has 0 atom stereocenters. The number of anilines is 1. The number of hydrogen-bond donors (Lipinski definition) is 1. The maximum Gasteiger partial charge on any atom is 0.433 e. The van der Waals surface area contributed by atoms with E-state index >= 15 is 0 Å². The van der Waals surface area contributed by atoms with Gasteiger partial charge in [-0.25, -0.2) is 14.4 Å². The Morgan fingerprint density at radius 1 is 1.17 bits per heavy atom. The number of rotatable bonds is 5. The maximum absolute atomic E-state index is 13.0. The van der Waals surface area contributed by atoms with E-state index in [1.807, 2.05) is 0 Å². The molecule has 4 nitrogen and oxygen atoms in total. The Morgan fingerprint density at radius 2 is 1.83 bits per heavy atom. The van der Waals surface area contributed by atoms with E-state index in [2.05, 4.69) is 9.97 Å². The molecule has 23 heavy (non-hydrogen) atoms. The van der Waals surface area contributed by atoms with Crippen LogP contribution in [0.4, 0.5) is 23.5 Å². The van der Waals surface area contributed by atoms with Crippen molar-refractivity contribution in [2.75, 3.05) is 19.3 Å². The molecule has 1 aromatic heterocycles. The molecule has 8 heteroatoms. The minimum atomic E-state index is -4.58. The van der Waals surface area contributed by atoms with Crippen molar-refractivity contribution in [3.63, 3.8) is 0 Å². The molecule has 0 aliphatic carbocycles. The third kappa shape index (κ3) is 4.88. The molecule has 1 heterocycles. The first-order chi connectivity index (χ1) is 10.8. The van der Waals surface area contributed by atoms with Gasteiger partial charge >= 0.3 is 6.18 Å². The molecular weight excluding hydrogens is 312 g/mol. The molecule has 0 unspecified atom stereocenters. The normalized spacial score (nSPS) is 11.9. The molecular formula is C15H16F4N4. The van der Waals surface area contributed by atoms with E-state index in [0.29, 0.717) is 13.0 Å². The van der Waals surface area contributed by atoms with Crippen molar-refractivity contribution in [1.29, 1.82) is 0 Å². The fraction of sp³-hybridized carbons (Fsp3) is 0.333. The molecule has 0 saturated heterocycles. The summed E-state index contributed by atoms with van der Waals surface area (Å²) in [6.45, 7) is 0.545. The van der Waals surface area contributed by atoms with Crippen LogP contribution in [-0.4, -0.2) is 28.5 Å². The predicted octanol–water partition coefficient (Wildman–Crippen LogP) is 2.89. The number of halogens is 4. The van der Waals surface area contributed by atoms with Crippen LogP contribution in [0.2, 0.25) is 0 Å². The van der Waals surface area contributed by atoms with E-state index in [4.69, 9.17) is 5.73 Å². The first kappa shape index (κ1) is 17.1. The van der Waals surface area contributed by atoms with Gasteiger partial charge in [-0.1, -0.05) is 12.1 Å². The van der Waals surface area contributed by atoms with Crippen LogP contribution in [0.1, 0.15) is 16.8 Å². The monoisotopic (exact) mass is 328 g/mol.